The molecule has 3 rings (SSSR count). The second-order valence-electron chi connectivity index (χ2n) is 7.02. The maximum Gasteiger partial charge on any atom is 0.321 e. The van der Waals surface area contributed by atoms with Gasteiger partial charge in [-0.05, 0) is 43.0 Å². The molecule has 2 amide bonds. The number of amides is 2. The lowest BCUT2D eigenvalue weighted by Crippen LogP contribution is -2.48. The molecule has 0 unspecified atom stereocenters. The van der Waals surface area contributed by atoms with Crippen molar-refractivity contribution in [2.75, 3.05) is 31.2 Å². The van der Waals surface area contributed by atoms with Crippen molar-refractivity contribution in [3.63, 3.8) is 0 Å². The highest BCUT2D eigenvalue weighted by Gasteiger charge is 2.30. The molecule has 1 N–H and O–H groups in total. The summed E-state index contributed by atoms with van der Waals surface area (Å²) >= 11 is 0. The summed E-state index contributed by atoms with van der Waals surface area (Å²) in [6, 6.07) is 17.7. The van der Waals surface area contributed by atoms with Gasteiger partial charge in [0.15, 0.2) is 0 Å². The fourth-order valence-electron chi connectivity index (χ4n) is 3.44. The van der Waals surface area contributed by atoms with Crippen LogP contribution in [0.5, 0.6) is 0 Å². The van der Waals surface area contributed by atoms with E-state index in [0.29, 0.717) is 25.9 Å². The molecular weight excluding hydrogens is 374 g/mol. The van der Waals surface area contributed by atoms with Crippen LogP contribution >= 0.6 is 0 Å². The highest BCUT2D eigenvalue weighted by Crippen LogP contribution is 2.22. The lowest BCUT2D eigenvalue weighted by molar-refractivity contribution is 0.174. The number of hydrogen-bond acceptors (Lipinski definition) is 3. The molecular formula is C21H27N3O3S. The van der Waals surface area contributed by atoms with Crippen LogP contribution in [0.3, 0.4) is 0 Å². The standard InChI is InChI=1S/C21H27N3O3S/c1-3-28(26,27)24-15-13-20(14-16-24)23(2)21(25)22-19-11-9-18(10-12-19)17-7-5-4-6-8-17/h4-12,20H,3,13-16H2,1-2H3,(H,22,25). The first-order valence-corrected chi connectivity index (χ1v) is 11.2. The molecule has 0 spiro atoms. The third-order valence-electron chi connectivity index (χ3n) is 5.29. The van der Waals surface area contributed by atoms with Gasteiger partial charge in [0.25, 0.3) is 0 Å². The molecule has 1 aliphatic heterocycles. The van der Waals surface area contributed by atoms with Gasteiger partial charge in [0.1, 0.15) is 0 Å². The van der Waals surface area contributed by atoms with Crippen molar-refractivity contribution in [1.82, 2.24) is 9.21 Å². The fourth-order valence-corrected chi connectivity index (χ4v) is 4.58. The smallest absolute Gasteiger partial charge is 0.321 e. The summed E-state index contributed by atoms with van der Waals surface area (Å²) in [7, 11) is -1.39. The quantitative estimate of drug-likeness (QED) is 0.832. The van der Waals surface area contributed by atoms with Crippen LogP contribution in [0.4, 0.5) is 10.5 Å². The highest BCUT2D eigenvalue weighted by atomic mass is 32.2. The molecule has 0 saturated carbocycles. The van der Waals surface area contributed by atoms with E-state index in [1.165, 1.54) is 4.31 Å². The summed E-state index contributed by atoms with van der Waals surface area (Å²) in [6.45, 7) is 2.58. The van der Waals surface area contributed by atoms with Crippen molar-refractivity contribution >= 4 is 21.7 Å². The Balaban J connectivity index is 1.56. The molecule has 0 radical (unpaired) electrons. The number of benzene rings is 2. The number of carbonyl (C=O) groups excluding carboxylic acids is 1. The molecule has 6 nitrogen and oxygen atoms in total. The molecule has 0 aromatic heterocycles. The zero-order valence-corrected chi connectivity index (χ0v) is 17.2. The third kappa shape index (κ3) is 4.72. The van der Waals surface area contributed by atoms with Gasteiger partial charge in [0.2, 0.25) is 10.0 Å². The van der Waals surface area contributed by atoms with Crippen LogP contribution in [0.1, 0.15) is 19.8 Å². The van der Waals surface area contributed by atoms with E-state index in [-0.39, 0.29) is 17.8 Å². The Morgan fingerprint density at radius 3 is 2.18 bits per heavy atom. The Labute approximate surface area is 167 Å². The minimum atomic E-state index is -3.15. The Hall–Kier alpha value is -2.38. The summed E-state index contributed by atoms with van der Waals surface area (Å²) in [5.41, 5.74) is 2.96. The van der Waals surface area contributed by atoms with Crippen LogP contribution in [-0.4, -0.2) is 55.6 Å². The Morgan fingerprint density at radius 1 is 1.04 bits per heavy atom. The number of sulfonamides is 1. The number of anilines is 1. The molecule has 0 atom stereocenters. The SMILES string of the molecule is CCS(=O)(=O)N1CCC(N(C)C(=O)Nc2ccc(-c3ccccc3)cc2)CC1. The lowest BCUT2D eigenvalue weighted by atomic mass is 10.1. The van der Waals surface area contributed by atoms with Crippen LogP contribution in [0.15, 0.2) is 54.6 Å². The maximum absolute atomic E-state index is 12.6. The van der Waals surface area contributed by atoms with Crippen LogP contribution < -0.4 is 5.32 Å². The van der Waals surface area contributed by atoms with Gasteiger partial charge in [0, 0.05) is 31.9 Å². The second-order valence-corrected chi connectivity index (χ2v) is 9.27. The van der Waals surface area contributed by atoms with Gasteiger partial charge in [-0.3, -0.25) is 0 Å². The average Bonchev–Trinajstić information content (AvgIpc) is 2.74. The van der Waals surface area contributed by atoms with Crippen molar-refractivity contribution in [3.8, 4) is 11.1 Å². The summed E-state index contributed by atoms with van der Waals surface area (Å²) < 4.78 is 25.5. The van der Waals surface area contributed by atoms with Gasteiger partial charge in [0.05, 0.1) is 5.75 Å². The number of urea groups is 1. The number of rotatable bonds is 5. The van der Waals surface area contributed by atoms with E-state index in [0.717, 1.165) is 16.8 Å². The summed E-state index contributed by atoms with van der Waals surface area (Å²) in [5.74, 6) is 0.118. The number of hydrogen-bond donors (Lipinski definition) is 1. The molecule has 0 bridgehead atoms. The Morgan fingerprint density at radius 2 is 1.61 bits per heavy atom. The van der Waals surface area contributed by atoms with Crippen molar-refractivity contribution in [2.24, 2.45) is 0 Å². The van der Waals surface area contributed by atoms with Gasteiger partial charge in [-0.25, -0.2) is 17.5 Å². The van der Waals surface area contributed by atoms with Crippen molar-refractivity contribution in [1.29, 1.82) is 0 Å². The van der Waals surface area contributed by atoms with Gasteiger partial charge in [-0.1, -0.05) is 42.5 Å². The van der Waals surface area contributed by atoms with E-state index < -0.39 is 10.0 Å². The van der Waals surface area contributed by atoms with E-state index in [4.69, 9.17) is 0 Å². The van der Waals surface area contributed by atoms with Crippen LogP contribution in [-0.2, 0) is 10.0 Å². The van der Waals surface area contributed by atoms with Crippen molar-refractivity contribution < 1.29 is 13.2 Å². The van der Waals surface area contributed by atoms with Gasteiger partial charge >= 0.3 is 6.03 Å². The average molecular weight is 402 g/mol. The minimum Gasteiger partial charge on any atom is -0.325 e. The molecule has 7 heteroatoms. The predicted octanol–water partition coefficient (Wildman–Crippen LogP) is 3.63. The first-order chi connectivity index (χ1) is 13.4. The predicted molar refractivity (Wildman–Crippen MR) is 113 cm³/mol. The normalized spacial score (nSPS) is 15.9. The zero-order valence-electron chi connectivity index (χ0n) is 16.3. The van der Waals surface area contributed by atoms with Crippen molar-refractivity contribution in [2.45, 2.75) is 25.8 Å². The van der Waals surface area contributed by atoms with Gasteiger partial charge in [-0.2, -0.15) is 0 Å². The minimum absolute atomic E-state index is 0.0342. The van der Waals surface area contributed by atoms with Crippen molar-refractivity contribution in [3.05, 3.63) is 54.6 Å². The Kier molecular flexibility index (Phi) is 6.36. The van der Waals surface area contributed by atoms with Gasteiger partial charge in [-0.15, -0.1) is 0 Å². The lowest BCUT2D eigenvalue weighted by Gasteiger charge is -2.36. The summed E-state index contributed by atoms with van der Waals surface area (Å²) in [4.78, 5) is 14.3. The largest absolute Gasteiger partial charge is 0.325 e. The molecule has 1 aliphatic rings. The molecule has 2 aromatic carbocycles. The zero-order chi connectivity index (χ0) is 20.1. The number of piperidine rings is 1. The maximum atomic E-state index is 12.6. The van der Waals surface area contributed by atoms with Gasteiger partial charge < -0.3 is 10.2 Å². The summed E-state index contributed by atoms with van der Waals surface area (Å²) in [5, 5.41) is 2.93. The highest BCUT2D eigenvalue weighted by molar-refractivity contribution is 7.89. The third-order valence-corrected chi connectivity index (χ3v) is 7.17. The molecule has 150 valence electrons. The molecule has 28 heavy (non-hydrogen) atoms. The first-order valence-electron chi connectivity index (χ1n) is 9.58. The van der Waals surface area contributed by atoms with E-state index in [1.54, 1.807) is 18.9 Å². The van der Waals surface area contributed by atoms with E-state index >= 15 is 0 Å². The van der Waals surface area contributed by atoms with E-state index in [2.05, 4.69) is 5.32 Å². The molecule has 0 aliphatic carbocycles. The molecule has 1 fully saturated rings. The van der Waals surface area contributed by atoms with Crippen LogP contribution in [0.25, 0.3) is 11.1 Å². The first kappa shape index (κ1) is 20.4. The molecule has 2 aromatic rings. The monoisotopic (exact) mass is 401 g/mol. The number of nitrogens with one attached hydrogen (secondary N) is 1. The van der Waals surface area contributed by atoms with E-state index in [9.17, 15) is 13.2 Å². The van der Waals surface area contributed by atoms with Crippen LogP contribution in [0, 0.1) is 0 Å². The molecule has 1 saturated heterocycles. The van der Waals surface area contributed by atoms with E-state index in [1.807, 2.05) is 54.6 Å². The molecule has 1 heterocycles. The van der Waals surface area contributed by atoms with Crippen LogP contribution in [0.2, 0.25) is 0 Å². The fraction of sp³-hybridized carbons (Fsp3) is 0.381. The topological polar surface area (TPSA) is 69.7 Å². The number of carbonyl (C=O) groups is 1. The number of nitrogens with zero attached hydrogens (tertiary/aromatic N) is 2. The summed E-state index contributed by atoms with van der Waals surface area (Å²) in [6.07, 6.45) is 1.30. The second kappa shape index (κ2) is 8.75. The Bertz CT molecular complexity index is 890.